The van der Waals surface area contributed by atoms with Gasteiger partial charge in [-0.15, -0.1) is 0 Å². The first-order chi connectivity index (χ1) is 13.6. The zero-order valence-corrected chi connectivity index (χ0v) is 16.6. The van der Waals surface area contributed by atoms with Crippen molar-refractivity contribution in [2.75, 3.05) is 7.11 Å². The van der Waals surface area contributed by atoms with Crippen LogP contribution in [0.15, 0.2) is 77.3 Å². The number of hydrogen-bond acceptors (Lipinski definition) is 4. The molecule has 0 saturated carbocycles. The Labute approximate surface area is 171 Å². The zero-order chi connectivity index (χ0) is 19.9. The van der Waals surface area contributed by atoms with E-state index in [4.69, 9.17) is 9.47 Å². The summed E-state index contributed by atoms with van der Waals surface area (Å²) in [5.41, 5.74) is 2.46. The van der Waals surface area contributed by atoms with Gasteiger partial charge in [-0.1, -0.05) is 36.4 Å². The molecule has 3 aromatic rings. The summed E-state index contributed by atoms with van der Waals surface area (Å²) in [6.45, 7) is 0. The van der Waals surface area contributed by atoms with E-state index in [0.717, 1.165) is 11.1 Å². The number of esters is 1. The number of hydrogen-bond donors (Lipinski definition) is 0. The molecule has 0 fully saturated rings. The molecule has 28 heavy (non-hydrogen) atoms. The van der Waals surface area contributed by atoms with Gasteiger partial charge in [0.2, 0.25) is 0 Å². The van der Waals surface area contributed by atoms with E-state index in [1.807, 2.05) is 30.3 Å². The number of benzene rings is 3. The number of carbonyl (C=O) groups is 1. The van der Waals surface area contributed by atoms with Crippen LogP contribution in [0.25, 0.3) is 11.6 Å². The molecule has 0 aromatic heterocycles. The van der Waals surface area contributed by atoms with Gasteiger partial charge >= 0.3 is 5.97 Å². The summed E-state index contributed by atoms with van der Waals surface area (Å²) in [4.78, 5) is 12.3. The van der Waals surface area contributed by atoms with Crippen molar-refractivity contribution in [3.63, 3.8) is 0 Å². The van der Waals surface area contributed by atoms with E-state index in [-0.39, 0.29) is 0 Å². The van der Waals surface area contributed by atoms with E-state index in [1.165, 1.54) is 0 Å². The second kappa shape index (κ2) is 9.03. The van der Waals surface area contributed by atoms with E-state index in [9.17, 15) is 10.1 Å². The van der Waals surface area contributed by atoms with Gasteiger partial charge in [0, 0.05) is 10.0 Å². The fourth-order valence-corrected chi connectivity index (χ4v) is 3.07. The predicted octanol–water partition coefficient (Wildman–Crippen LogP) is 5.74. The summed E-state index contributed by atoms with van der Waals surface area (Å²) >= 11 is 3.34. The van der Waals surface area contributed by atoms with E-state index in [2.05, 4.69) is 22.0 Å². The van der Waals surface area contributed by atoms with Crippen LogP contribution in [-0.2, 0) is 0 Å². The number of nitrogens with zero attached hydrogens (tertiary/aromatic N) is 1. The molecule has 0 N–H and O–H groups in total. The van der Waals surface area contributed by atoms with Crippen molar-refractivity contribution in [3.05, 3.63) is 94.0 Å². The van der Waals surface area contributed by atoms with Gasteiger partial charge in [0.25, 0.3) is 0 Å². The van der Waals surface area contributed by atoms with Gasteiger partial charge in [-0.3, -0.25) is 0 Å². The van der Waals surface area contributed by atoms with Crippen LogP contribution in [0.4, 0.5) is 0 Å². The summed E-state index contributed by atoms with van der Waals surface area (Å²) in [7, 11) is 1.57. The van der Waals surface area contributed by atoms with E-state index in [1.54, 1.807) is 55.7 Å². The van der Waals surface area contributed by atoms with E-state index >= 15 is 0 Å². The highest BCUT2D eigenvalue weighted by molar-refractivity contribution is 9.10. The molecule has 0 aliphatic carbocycles. The summed E-state index contributed by atoms with van der Waals surface area (Å²) in [5.74, 6) is 0.616. The third-order valence-corrected chi connectivity index (χ3v) is 4.70. The molecule has 4 nitrogen and oxygen atoms in total. The van der Waals surface area contributed by atoms with Crippen LogP contribution < -0.4 is 9.47 Å². The van der Waals surface area contributed by atoms with Gasteiger partial charge in [0.1, 0.15) is 11.5 Å². The van der Waals surface area contributed by atoms with E-state index < -0.39 is 5.97 Å². The lowest BCUT2D eigenvalue weighted by molar-refractivity contribution is 0.0734. The van der Waals surface area contributed by atoms with Crippen molar-refractivity contribution in [2.45, 2.75) is 0 Å². The second-order valence-corrected chi connectivity index (χ2v) is 6.66. The van der Waals surface area contributed by atoms with Crippen LogP contribution in [-0.4, -0.2) is 13.1 Å². The SMILES string of the molecule is COc1ccccc1/C(C#N)=C\c1ccc(OC(=O)c2ccccc2Br)cc1. The molecule has 3 rings (SSSR count). The number of nitriles is 1. The highest BCUT2D eigenvalue weighted by Gasteiger charge is 2.12. The average Bonchev–Trinajstić information content (AvgIpc) is 2.73. The molecule has 0 saturated heterocycles. The summed E-state index contributed by atoms with van der Waals surface area (Å²) in [6.07, 6.45) is 1.76. The number of rotatable bonds is 5. The summed E-state index contributed by atoms with van der Waals surface area (Å²) in [5, 5.41) is 9.54. The van der Waals surface area contributed by atoms with Crippen LogP contribution >= 0.6 is 15.9 Å². The first kappa shape index (κ1) is 19.4. The minimum atomic E-state index is -0.442. The molecule has 0 aliphatic rings. The van der Waals surface area contributed by atoms with E-state index in [0.29, 0.717) is 27.1 Å². The van der Waals surface area contributed by atoms with Gasteiger partial charge in [-0.2, -0.15) is 5.26 Å². The van der Waals surface area contributed by atoms with Gasteiger partial charge in [0.15, 0.2) is 0 Å². The summed E-state index contributed by atoms with van der Waals surface area (Å²) < 4.78 is 11.4. The topological polar surface area (TPSA) is 59.3 Å². The molecule has 3 aromatic carbocycles. The molecular weight excluding hydrogens is 418 g/mol. The lowest BCUT2D eigenvalue weighted by Crippen LogP contribution is -2.09. The molecular formula is C23H16BrNO3. The number of allylic oxidation sites excluding steroid dienone is 1. The third kappa shape index (κ3) is 4.48. The maximum Gasteiger partial charge on any atom is 0.344 e. The lowest BCUT2D eigenvalue weighted by atomic mass is 10.0. The van der Waals surface area contributed by atoms with Crippen molar-refractivity contribution in [3.8, 4) is 17.6 Å². The van der Waals surface area contributed by atoms with Crippen molar-refractivity contribution < 1.29 is 14.3 Å². The van der Waals surface area contributed by atoms with Crippen LogP contribution in [0.2, 0.25) is 0 Å². The highest BCUT2D eigenvalue weighted by atomic mass is 79.9. The third-order valence-electron chi connectivity index (χ3n) is 4.01. The molecule has 0 radical (unpaired) electrons. The summed E-state index contributed by atoms with van der Waals surface area (Å²) in [6, 6.07) is 23.6. The molecule has 0 atom stereocenters. The largest absolute Gasteiger partial charge is 0.496 e. The average molecular weight is 434 g/mol. The molecule has 5 heteroatoms. The maximum absolute atomic E-state index is 12.3. The maximum atomic E-state index is 12.3. The first-order valence-electron chi connectivity index (χ1n) is 8.44. The van der Waals surface area contributed by atoms with Crippen molar-refractivity contribution >= 4 is 33.5 Å². The number of carbonyl (C=O) groups excluding carboxylic acids is 1. The Balaban J connectivity index is 1.80. The minimum Gasteiger partial charge on any atom is -0.496 e. The Hall–Kier alpha value is -3.36. The lowest BCUT2D eigenvalue weighted by Gasteiger charge is -2.08. The molecule has 0 spiro atoms. The number of ether oxygens (including phenoxy) is 2. The Bertz CT molecular complexity index is 1070. The van der Waals surface area contributed by atoms with Crippen molar-refractivity contribution in [2.24, 2.45) is 0 Å². The Morgan fingerprint density at radius 1 is 0.964 bits per heavy atom. The monoisotopic (exact) mass is 433 g/mol. The second-order valence-electron chi connectivity index (χ2n) is 5.81. The Morgan fingerprint density at radius 2 is 1.61 bits per heavy atom. The fraction of sp³-hybridized carbons (Fsp3) is 0.0435. The Morgan fingerprint density at radius 3 is 2.25 bits per heavy atom. The number of halogens is 1. The standard InChI is InChI=1S/C23H16BrNO3/c1-27-22-9-5-3-6-19(22)17(15-25)14-16-10-12-18(13-11-16)28-23(26)20-7-2-4-8-21(20)24/h2-14H,1H3/b17-14-. The smallest absolute Gasteiger partial charge is 0.344 e. The first-order valence-corrected chi connectivity index (χ1v) is 9.23. The normalized spacial score (nSPS) is 10.8. The van der Waals surface area contributed by atoms with Crippen LogP contribution in [0.3, 0.4) is 0 Å². The van der Waals surface area contributed by atoms with Crippen LogP contribution in [0.5, 0.6) is 11.5 Å². The molecule has 0 unspecified atom stereocenters. The minimum absolute atomic E-state index is 0.425. The molecule has 0 amide bonds. The van der Waals surface area contributed by atoms with Crippen LogP contribution in [0, 0.1) is 11.3 Å². The predicted molar refractivity (Wildman–Crippen MR) is 112 cm³/mol. The quantitative estimate of drug-likeness (QED) is 0.222. The van der Waals surface area contributed by atoms with Crippen molar-refractivity contribution in [1.29, 1.82) is 5.26 Å². The molecule has 138 valence electrons. The number of methoxy groups -OCH3 is 1. The van der Waals surface area contributed by atoms with Crippen LogP contribution in [0.1, 0.15) is 21.5 Å². The molecule has 0 heterocycles. The van der Waals surface area contributed by atoms with Gasteiger partial charge in [-0.05, 0) is 64.0 Å². The van der Waals surface area contributed by atoms with Gasteiger partial charge in [0.05, 0.1) is 24.3 Å². The highest BCUT2D eigenvalue weighted by Crippen LogP contribution is 2.27. The van der Waals surface area contributed by atoms with Crippen molar-refractivity contribution in [1.82, 2.24) is 0 Å². The molecule has 0 aliphatic heterocycles. The molecule has 0 bridgehead atoms. The van der Waals surface area contributed by atoms with Gasteiger partial charge < -0.3 is 9.47 Å². The zero-order valence-electron chi connectivity index (χ0n) is 15.1. The fourth-order valence-electron chi connectivity index (χ4n) is 2.62. The Kier molecular flexibility index (Phi) is 6.25. The number of para-hydroxylation sites is 1. The van der Waals surface area contributed by atoms with Gasteiger partial charge in [-0.25, -0.2) is 4.79 Å².